The first-order chi connectivity index (χ1) is 13.9. The lowest BCUT2D eigenvalue weighted by molar-refractivity contribution is -0.115. The molecule has 7 nitrogen and oxygen atoms in total. The van der Waals surface area contributed by atoms with Crippen molar-refractivity contribution in [1.82, 2.24) is 4.98 Å². The summed E-state index contributed by atoms with van der Waals surface area (Å²) in [4.78, 5) is 28.8. The highest BCUT2D eigenvalue weighted by Gasteiger charge is 2.12. The number of amides is 3. The lowest BCUT2D eigenvalue weighted by Gasteiger charge is -2.09. The molecule has 0 unspecified atom stereocenters. The molecule has 0 aliphatic rings. The number of carbonyl (C=O) groups is 2. The van der Waals surface area contributed by atoms with Crippen LogP contribution in [0.5, 0.6) is 5.75 Å². The molecule has 3 amide bonds. The van der Waals surface area contributed by atoms with Gasteiger partial charge in [-0.25, -0.2) is 9.78 Å². The Morgan fingerprint density at radius 3 is 2.59 bits per heavy atom. The van der Waals surface area contributed by atoms with Crippen LogP contribution in [0.15, 0.2) is 47.8 Å². The Bertz CT molecular complexity index is 1030. The van der Waals surface area contributed by atoms with Crippen molar-refractivity contribution in [1.29, 1.82) is 0 Å². The van der Waals surface area contributed by atoms with Crippen LogP contribution < -0.4 is 20.7 Å². The fraction of sp³-hybridized carbons (Fsp3) is 0.190. The molecule has 3 aromatic rings. The zero-order valence-corrected chi connectivity index (χ0v) is 17.2. The summed E-state index contributed by atoms with van der Waals surface area (Å²) in [5.41, 5.74) is 4.07. The molecule has 0 fully saturated rings. The summed E-state index contributed by atoms with van der Waals surface area (Å²) in [5.74, 6) is 0.401. The summed E-state index contributed by atoms with van der Waals surface area (Å²) < 4.78 is 5.21. The van der Waals surface area contributed by atoms with Crippen LogP contribution in [0.3, 0.4) is 0 Å². The quantitative estimate of drug-likeness (QED) is 0.554. The van der Waals surface area contributed by atoms with E-state index in [0.717, 1.165) is 16.8 Å². The van der Waals surface area contributed by atoms with Crippen LogP contribution in [-0.2, 0) is 11.2 Å². The first kappa shape index (κ1) is 20.3. The first-order valence-electron chi connectivity index (χ1n) is 8.97. The summed E-state index contributed by atoms with van der Waals surface area (Å²) in [6.45, 7) is 3.96. The van der Waals surface area contributed by atoms with Crippen LogP contribution in [0.1, 0.15) is 16.8 Å². The predicted octanol–water partition coefficient (Wildman–Crippen LogP) is 4.59. The Morgan fingerprint density at radius 1 is 1.03 bits per heavy atom. The van der Waals surface area contributed by atoms with E-state index in [-0.39, 0.29) is 12.3 Å². The van der Waals surface area contributed by atoms with Crippen molar-refractivity contribution < 1.29 is 14.3 Å². The Hall–Kier alpha value is -3.39. The van der Waals surface area contributed by atoms with E-state index in [1.54, 1.807) is 23.6 Å². The number of para-hydroxylation sites is 2. The molecule has 1 heterocycles. The molecule has 0 spiro atoms. The average Bonchev–Trinajstić information content (AvgIpc) is 3.11. The Labute approximate surface area is 173 Å². The third-order valence-electron chi connectivity index (χ3n) is 4.13. The minimum Gasteiger partial charge on any atom is -0.495 e. The molecule has 3 rings (SSSR count). The van der Waals surface area contributed by atoms with Gasteiger partial charge in [0.15, 0.2) is 5.13 Å². The smallest absolute Gasteiger partial charge is 0.325 e. The monoisotopic (exact) mass is 410 g/mol. The number of methoxy groups -OCH3 is 1. The van der Waals surface area contributed by atoms with Gasteiger partial charge < -0.3 is 15.4 Å². The fourth-order valence-electron chi connectivity index (χ4n) is 2.76. The van der Waals surface area contributed by atoms with Crippen molar-refractivity contribution in [3.8, 4) is 5.75 Å². The molecule has 0 saturated heterocycles. The van der Waals surface area contributed by atoms with E-state index >= 15 is 0 Å². The van der Waals surface area contributed by atoms with Gasteiger partial charge >= 0.3 is 6.03 Å². The second-order valence-corrected chi connectivity index (χ2v) is 7.32. The van der Waals surface area contributed by atoms with Crippen LogP contribution in [0, 0.1) is 13.8 Å². The van der Waals surface area contributed by atoms with Gasteiger partial charge in [0.2, 0.25) is 5.91 Å². The molecule has 0 saturated carbocycles. The van der Waals surface area contributed by atoms with Gasteiger partial charge in [-0.1, -0.05) is 29.8 Å². The minimum absolute atomic E-state index is 0.125. The van der Waals surface area contributed by atoms with Crippen molar-refractivity contribution in [3.63, 3.8) is 0 Å². The van der Waals surface area contributed by atoms with Crippen LogP contribution in [-0.4, -0.2) is 24.0 Å². The Morgan fingerprint density at radius 2 is 1.83 bits per heavy atom. The number of ether oxygens (including phenoxy) is 1. The van der Waals surface area contributed by atoms with Crippen LogP contribution in [0.4, 0.5) is 21.3 Å². The van der Waals surface area contributed by atoms with E-state index in [9.17, 15) is 9.59 Å². The van der Waals surface area contributed by atoms with Gasteiger partial charge in [0, 0.05) is 11.1 Å². The third-order valence-corrected chi connectivity index (χ3v) is 4.93. The zero-order chi connectivity index (χ0) is 20.8. The van der Waals surface area contributed by atoms with Crippen molar-refractivity contribution >= 4 is 39.8 Å². The van der Waals surface area contributed by atoms with Gasteiger partial charge in [-0.15, -0.1) is 11.3 Å². The molecule has 29 heavy (non-hydrogen) atoms. The Balaban J connectivity index is 1.56. The van der Waals surface area contributed by atoms with Crippen molar-refractivity contribution in [2.24, 2.45) is 0 Å². The van der Waals surface area contributed by atoms with Gasteiger partial charge in [-0.2, -0.15) is 0 Å². The number of urea groups is 1. The molecular formula is C21H22N4O3S. The SMILES string of the molecule is COc1ccccc1NC(=O)Nc1nc(CC(=O)Nc2ccc(C)cc2C)cs1. The number of benzene rings is 2. The van der Waals surface area contributed by atoms with E-state index in [1.807, 2.05) is 38.1 Å². The molecule has 0 bridgehead atoms. The molecule has 3 N–H and O–H groups in total. The Kier molecular flexibility index (Phi) is 6.46. The molecule has 150 valence electrons. The molecule has 0 aliphatic carbocycles. The third kappa shape index (κ3) is 5.55. The number of rotatable bonds is 6. The number of carbonyl (C=O) groups excluding carboxylic acids is 2. The number of nitrogens with zero attached hydrogens (tertiary/aromatic N) is 1. The highest BCUT2D eigenvalue weighted by Crippen LogP contribution is 2.24. The van der Waals surface area contributed by atoms with Gasteiger partial charge in [-0.3, -0.25) is 10.1 Å². The molecule has 0 radical (unpaired) electrons. The maximum Gasteiger partial charge on any atom is 0.325 e. The van der Waals surface area contributed by atoms with E-state index < -0.39 is 6.03 Å². The largest absolute Gasteiger partial charge is 0.495 e. The summed E-state index contributed by atoms with van der Waals surface area (Å²) in [5, 5.41) is 10.4. The van der Waals surface area contributed by atoms with Crippen molar-refractivity contribution in [2.45, 2.75) is 20.3 Å². The molecule has 2 aromatic carbocycles. The van der Waals surface area contributed by atoms with Crippen LogP contribution in [0.2, 0.25) is 0 Å². The highest BCUT2D eigenvalue weighted by molar-refractivity contribution is 7.14. The van der Waals surface area contributed by atoms with Gasteiger partial charge in [0.05, 0.1) is 24.9 Å². The number of aryl methyl sites for hydroxylation is 2. The number of hydrogen-bond donors (Lipinski definition) is 3. The topological polar surface area (TPSA) is 92.3 Å². The average molecular weight is 410 g/mol. The number of thiazole rings is 1. The lowest BCUT2D eigenvalue weighted by Crippen LogP contribution is -2.20. The first-order valence-corrected chi connectivity index (χ1v) is 9.85. The fourth-order valence-corrected chi connectivity index (χ4v) is 3.46. The zero-order valence-electron chi connectivity index (χ0n) is 16.4. The van der Waals surface area contributed by atoms with Gasteiger partial charge in [0.25, 0.3) is 0 Å². The summed E-state index contributed by atoms with van der Waals surface area (Å²) in [6.07, 6.45) is 0.125. The second-order valence-electron chi connectivity index (χ2n) is 6.47. The molecular weight excluding hydrogens is 388 g/mol. The van der Waals surface area contributed by atoms with E-state index in [2.05, 4.69) is 20.9 Å². The van der Waals surface area contributed by atoms with Crippen LogP contribution >= 0.6 is 11.3 Å². The van der Waals surface area contributed by atoms with Crippen molar-refractivity contribution in [2.75, 3.05) is 23.1 Å². The number of aromatic nitrogens is 1. The number of anilines is 3. The van der Waals surface area contributed by atoms with Gasteiger partial charge in [0.1, 0.15) is 5.75 Å². The molecule has 0 aliphatic heterocycles. The highest BCUT2D eigenvalue weighted by atomic mass is 32.1. The maximum absolute atomic E-state index is 12.3. The summed E-state index contributed by atoms with van der Waals surface area (Å²) >= 11 is 1.26. The summed E-state index contributed by atoms with van der Waals surface area (Å²) in [6, 6.07) is 12.5. The molecule has 1 aromatic heterocycles. The normalized spacial score (nSPS) is 10.3. The van der Waals surface area contributed by atoms with Crippen LogP contribution in [0.25, 0.3) is 0 Å². The second kappa shape index (κ2) is 9.20. The maximum atomic E-state index is 12.3. The van der Waals surface area contributed by atoms with Gasteiger partial charge in [-0.05, 0) is 37.6 Å². The number of nitrogens with one attached hydrogen (secondary N) is 3. The minimum atomic E-state index is -0.435. The number of hydrogen-bond acceptors (Lipinski definition) is 5. The van der Waals surface area contributed by atoms with E-state index in [1.165, 1.54) is 18.4 Å². The van der Waals surface area contributed by atoms with E-state index in [0.29, 0.717) is 22.3 Å². The predicted molar refractivity (Wildman–Crippen MR) is 116 cm³/mol. The lowest BCUT2D eigenvalue weighted by atomic mass is 10.1. The summed E-state index contributed by atoms with van der Waals surface area (Å²) in [7, 11) is 1.54. The molecule has 0 atom stereocenters. The molecule has 8 heteroatoms. The van der Waals surface area contributed by atoms with Crippen molar-refractivity contribution in [3.05, 3.63) is 64.7 Å². The van der Waals surface area contributed by atoms with E-state index in [4.69, 9.17) is 4.74 Å². The standard InChI is InChI=1S/C21H22N4O3S/c1-13-8-9-16(14(2)10-13)23-19(26)11-15-12-29-21(22-15)25-20(27)24-17-6-4-5-7-18(17)28-3/h4-10,12H,11H2,1-3H3,(H,23,26)(H2,22,24,25,27).